The van der Waals surface area contributed by atoms with Gasteiger partial charge in [-0.15, -0.1) is 0 Å². The van der Waals surface area contributed by atoms with Crippen molar-refractivity contribution in [1.29, 1.82) is 0 Å². The molecule has 0 amide bonds. The van der Waals surface area contributed by atoms with Crippen molar-refractivity contribution >= 4 is 71.5 Å². The number of nitrogens with zero attached hydrogens (tertiary/aromatic N) is 3. The third-order valence-corrected chi connectivity index (χ3v) is 10.8. The van der Waals surface area contributed by atoms with E-state index in [0.717, 1.165) is 50.5 Å². The molecule has 258 valence electrons. The molecule has 2 aromatic heterocycles. The van der Waals surface area contributed by atoms with Crippen molar-refractivity contribution in [2.45, 2.75) is 0 Å². The lowest BCUT2D eigenvalue weighted by Crippen LogP contribution is -2.11. The predicted molar refractivity (Wildman–Crippen MR) is 229 cm³/mol. The van der Waals surface area contributed by atoms with Crippen LogP contribution < -0.4 is 4.90 Å². The summed E-state index contributed by atoms with van der Waals surface area (Å²) in [5.74, 6) is 0.616. The fraction of sp³-hybridized carbons (Fsp3) is 0. The van der Waals surface area contributed by atoms with Crippen molar-refractivity contribution in [3.05, 3.63) is 200 Å². The molecule has 0 unspecified atom stereocenters. The second-order valence-corrected chi connectivity index (χ2v) is 14.0. The summed E-state index contributed by atoms with van der Waals surface area (Å²) in [6, 6.07) is 71.1. The number of hydrogen-bond acceptors (Lipinski definition) is 3. The smallest absolute Gasteiger partial charge is 0.227 e. The van der Waals surface area contributed by atoms with Crippen LogP contribution in [0.2, 0.25) is 0 Å². The van der Waals surface area contributed by atoms with Crippen LogP contribution in [0.15, 0.2) is 205 Å². The number of hydrogen-bond donors (Lipinski definition) is 0. The molecule has 0 aliphatic rings. The first-order valence-corrected chi connectivity index (χ1v) is 18.6. The lowest BCUT2D eigenvalue weighted by Gasteiger charge is -2.29. The zero-order valence-electron chi connectivity index (χ0n) is 29.8. The molecule has 0 saturated heterocycles. The summed E-state index contributed by atoms with van der Waals surface area (Å²) in [6.07, 6.45) is 0. The summed E-state index contributed by atoms with van der Waals surface area (Å²) in [5, 5.41) is 7.13. The van der Waals surface area contributed by atoms with Gasteiger partial charge in [0.2, 0.25) is 5.89 Å². The van der Waals surface area contributed by atoms with Crippen LogP contribution in [-0.4, -0.2) is 9.55 Å². The van der Waals surface area contributed by atoms with E-state index in [2.05, 4.69) is 173 Å². The molecule has 0 aliphatic carbocycles. The number of para-hydroxylation sites is 3. The van der Waals surface area contributed by atoms with Gasteiger partial charge in [-0.3, -0.25) is 0 Å². The zero-order chi connectivity index (χ0) is 36.3. The largest absolute Gasteiger partial charge is 0.435 e. The van der Waals surface area contributed by atoms with E-state index in [-0.39, 0.29) is 0 Å². The van der Waals surface area contributed by atoms with E-state index in [1.165, 1.54) is 43.4 Å². The number of fused-ring (bicyclic) bond motifs is 7. The van der Waals surface area contributed by atoms with E-state index < -0.39 is 0 Å². The standard InChI is InChI=1S/C51H33N3O/c1-3-17-35(18-4-1)51-52-44-29-15-28-42(50(44)55-51)36-21-13-24-39(32-36)53(45-31-14-20-34-16-7-9-25-40(34)45)47-33-37-19-8-10-26-41(37)49-48(47)43-27-11-12-30-46(43)54(49)38-22-5-2-6-23-38/h1-33H. The maximum Gasteiger partial charge on any atom is 0.227 e. The molecule has 2 heterocycles. The maximum atomic E-state index is 6.54. The Labute approximate surface area is 317 Å². The van der Waals surface area contributed by atoms with E-state index in [1.54, 1.807) is 0 Å². The minimum Gasteiger partial charge on any atom is -0.435 e. The summed E-state index contributed by atoms with van der Waals surface area (Å²) < 4.78 is 8.97. The highest BCUT2D eigenvalue weighted by atomic mass is 16.3. The first-order chi connectivity index (χ1) is 27.3. The predicted octanol–water partition coefficient (Wildman–Crippen LogP) is 14.0. The highest BCUT2D eigenvalue weighted by Gasteiger charge is 2.25. The van der Waals surface area contributed by atoms with Gasteiger partial charge in [0.05, 0.1) is 22.4 Å². The van der Waals surface area contributed by atoms with Crippen LogP contribution in [0, 0.1) is 0 Å². The SMILES string of the molecule is c1ccc(-c2nc3cccc(-c4cccc(N(c5cccc6ccccc56)c5cc6ccccc6c6c5c5ccccc5n6-c5ccccc5)c4)c3o2)cc1. The molecule has 4 nitrogen and oxygen atoms in total. The van der Waals surface area contributed by atoms with Crippen molar-refractivity contribution in [2.75, 3.05) is 4.90 Å². The molecule has 9 aromatic carbocycles. The fourth-order valence-corrected chi connectivity index (χ4v) is 8.34. The molecule has 0 spiro atoms. The van der Waals surface area contributed by atoms with E-state index >= 15 is 0 Å². The van der Waals surface area contributed by atoms with Crippen LogP contribution in [0.25, 0.3) is 82.7 Å². The van der Waals surface area contributed by atoms with Gasteiger partial charge >= 0.3 is 0 Å². The number of oxazole rings is 1. The Kier molecular flexibility index (Phi) is 7.14. The minimum atomic E-state index is 0.616. The summed E-state index contributed by atoms with van der Waals surface area (Å²) in [6.45, 7) is 0. The van der Waals surface area contributed by atoms with Crippen LogP contribution in [-0.2, 0) is 0 Å². The third-order valence-electron chi connectivity index (χ3n) is 10.8. The number of benzene rings is 9. The van der Waals surface area contributed by atoms with Gasteiger partial charge in [-0.1, -0.05) is 140 Å². The second kappa shape index (κ2) is 12.6. The van der Waals surface area contributed by atoms with Crippen LogP contribution in [0.1, 0.15) is 0 Å². The molecular weight excluding hydrogens is 671 g/mol. The van der Waals surface area contributed by atoms with Gasteiger partial charge in [0, 0.05) is 44.0 Å². The Hall–Kier alpha value is -7.43. The van der Waals surface area contributed by atoms with Gasteiger partial charge in [-0.2, -0.15) is 0 Å². The third kappa shape index (κ3) is 5.03. The quantitative estimate of drug-likeness (QED) is 0.173. The van der Waals surface area contributed by atoms with Gasteiger partial charge in [-0.05, 0) is 77.0 Å². The Morgan fingerprint density at radius 3 is 1.98 bits per heavy atom. The lowest BCUT2D eigenvalue weighted by molar-refractivity contribution is 0.621. The summed E-state index contributed by atoms with van der Waals surface area (Å²) >= 11 is 0. The molecule has 0 fully saturated rings. The Morgan fingerprint density at radius 1 is 0.473 bits per heavy atom. The van der Waals surface area contributed by atoms with E-state index in [1.807, 2.05) is 36.4 Å². The van der Waals surface area contributed by atoms with Crippen LogP contribution in [0.4, 0.5) is 17.1 Å². The first kappa shape index (κ1) is 31.1. The van der Waals surface area contributed by atoms with Gasteiger partial charge in [0.15, 0.2) is 5.58 Å². The lowest BCUT2D eigenvalue weighted by atomic mass is 9.99. The van der Waals surface area contributed by atoms with Gasteiger partial charge < -0.3 is 13.9 Å². The van der Waals surface area contributed by atoms with Crippen molar-refractivity contribution in [3.8, 4) is 28.3 Å². The average molecular weight is 704 g/mol. The van der Waals surface area contributed by atoms with Crippen molar-refractivity contribution in [2.24, 2.45) is 0 Å². The molecule has 55 heavy (non-hydrogen) atoms. The van der Waals surface area contributed by atoms with E-state index in [9.17, 15) is 0 Å². The van der Waals surface area contributed by atoms with Crippen LogP contribution in [0.3, 0.4) is 0 Å². The summed E-state index contributed by atoms with van der Waals surface area (Å²) in [5.41, 5.74) is 11.3. The normalized spacial score (nSPS) is 11.6. The van der Waals surface area contributed by atoms with Crippen molar-refractivity contribution < 1.29 is 4.42 Å². The molecule has 11 rings (SSSR count). The van der Waals surface area contributed by atoms with Gasteiger partial charge in [-0.25, -0.2) is 4.98 Å². The van der Waals surface area contributed by atoms with Crippen LogP contribution in [0.5, 0.6) is 0 Å². The van der Waals surface area contributed by atoms with E-state index in [0.29, 0.717) is 5.89 Å². The Morgan fingerprint density at radius 2 is 1.13 bits per heavy atom. The first-order valence-electron chi connectivity index (χ1n) is 18.6. The molecule has 11 aromatic rings. The van der Waals surface area contributed by atoms with Gasteiger partial charge in [0.1, 0.15) is 5.52 Å². The average Bonchev–Trinajstić information content (AvgIpc) is 3.85. The second-order valence-electron chi connectivity index (χ2n) is 14.0. The zero-order valence-corrected chi connectivity index (χ0v) is 29.8. The molecule has 0 radical (unpaired) electrons. The number of rotatable bonds is 6. The Bertz CT molecular complexity index is 3210. The molecule has 0 atom stereocenters. The molecular formula is C51H33N3O. The summed E-state index contributed by atoms with van der Waals surface area (Å²) in [4.78, 5) is 7.35. The number of anilines is 3. The monoisotopic (exact) mass is 703 g/mol. The molecule has 0 saturated carbocycles. The van der Waals surface area contributed by atoms with Gasteiger partial charge in [0.25, 0.3) is 0 Å². The van der Waals surface area contributed by atoms with Crippen molar-refractivity contribution in [1.82, 2.24) is 9.55 Å². The minimum absolute atomic E-state index is 0.616. The molecule has 0 bridgehead atoms. The number of aromatic nitrogens is 2. The molecule has 0 N–H and O–H groups in total. The highest BCUT2D eigenvalue weighted by Crippen LogP contribution is 2.48. The molecule has 4 heteroatoms. The molecule has 0 aliphatic heterocycles. The maximum absolute atomic E-state index is 6.54. The van der Waals surface area contributed by atoms with E-state index in [4.69, 9.17) is 9.40 Å². The topological polar surface area (TPSA) is 34.2 Å². The fourth-order valence-electron chi connectivity index (χ4n) is 8.34. The Balaban J connectivity index is 1.22. The summed E-state index contributed by atoms with van der Waals surface area (Å²) in [7, 11) is 0. The van der Waals surface area contributed by atoms with Crippen molar-refractivity contribution in [3.63, 3.8) is 0 Å². The van der Waals surface area contributed by atoms with Crippen LogP contribution >= 0.6 is 0 Å². The highest BCUT2D eigenvalue weighted by molar-refractivity contribution is 6.25.